The van der Waals surface area contributed by atoms with Crippen LogP contribution in [0.15, 0.2) is 18.2 Å². The van der Waals surface area contributed by atoms with E-state index in [2.05, 4.69) is 19.2 Å². The first kappa shape index (κ1) is 13.9. The molecule has 0 bridgehead atoms. The summed E-state index contributed by atoms with van der Waals surface area (Å²) in [5.41, 5.74) is 7.63. The number of carbonyl (C=O) groups excluding carboxylic acids is 1. The summed E-state index contributed by atoms with van der Waals surface area (Å²) >= 11 is 0. The third-order valence-electron chi connectivity index (χ3n) is 3.70. The van der Waals surface area contributed by atoms with E-state index in [1.165, 1.54) is 5.56 Å². The van der Waals surface area contributed by atoms with Crippen molar-refractivity contribution in [2.45, 2.75) is 38.6 Å². The second-order valence-corrected chi connectivity index (χ2v) is 5.53. The van der Waals surface area contributed by atoms with Crippen molar-refractivity contribution in [2.75, 3.05) is 12.4 Å². The fourth-order valence-corrected chi connectivity index (χ4v) is 2.28. The molecule has 0 saturated heterocycles. The van der Waals surface area contributed by atoms with Crippen molar-refractivity contribution in [3.05, 3.63) is 23.8 Å². The summed E-state index contributed by atoms with van der Waals surface area (Å²) in [4.78, 5) is 12.0. The normalized spacial score (nSPS) is 21.9. The third-order valence-corrected chi connectivity index (χ3v) is 3.70. The zero-order valence-electron chi connectivity index (χ0n) is 11.8. The molecule has 4 heteroatoms. The van der Waals surface area contributed by atoms with E-state index in [-0.39, 0.29) is 17.9 Å². The van der Waals surface area contributed by atoms with Crippen LogP contribution in [0.25, 0.3) is 0 Å². The first-order valence-electron chi connectivity index (χ1n) is 6.75. The molecule has 0 radical (unpaired) electrons. The van der Waals surface area contributed by atoms with Gasteiger partial charge in [-0.05, 0) is 36.5 Å². The molecule has 0 aliphatic heterocycles. The van der Waals surface area contributed by atoms with Crippen LogP contribution >= 0.6 is 0 Å². The van der Waals surface area contributed by atoms with Crippen molar-refractivity contribution in [3.63, 3.8) is 0 Å². The number of rotatable bonds is 4. The van der Waals surface area contributed by atoms with E-state index >= 15 is 0 Å². The van der Waals surface area contributed by atoms with E-state index in [9.17, 15) is 4.79 Å². The Hall–Kier alpha value is -1.55. The highest BCUT2D eigenvalue weighted by Crippen LogP contribution is 2.31. The molecule has 0 atom stereocenters. The second kappa shape index (κ2) is 5.61. The lowest BCUT2D eigenvalue weighted by Crippen LogP contribution is -2.42. The number of nitrogens with one attached hydrogen (secondary N) is 1. The first-order chi connectivity index (χ1) is 9.01. The molecular formula is C15H22N2O2. The lowest BCUT2D eigenvalue weighted by Gasteiger charge is -2.31. The molecule has 1 aliphatic rings. The average molecular weight is 262 g/mol. The molecule has 1 aliphatic carbocycles. The largest absolute Gasteiger partial charge is 0.495 e. The van der Waals surface area contributed by atoms with Gasteiger partial charge in [0.1, 0.15) is 5.75 Å². The van der Waals surface area contributed by atoms with E-state index in [1.54, 1.807) is 7.11 Å². The SMILES string of the molecule is COc1cc(C(C)C)ccc1NC(=O)C1CC(N)C1. The van der Waals surface area contributed by atoms with Crippen LogP contribution in [-0.4, -0.2) is 19.1 Å². The van der Waals surface area contributed by atoms with Crippen molar-refractivity contribution in [1.82, 2.24) is 0 Å². The van der Waals surface area contributed by atoms with Crippen LogP contribution in [-0.2, 0) is 4.79 Å². The van der Waals surface area contributed by atoms with Gasteiger partial charge in [0.25, 0.3) is 0 Å². The molecule has 0 heterocycles. The summed E-state index contributed by atoms with van der Waals surface area (Å²) in [5.74, 6) is 1.23. The van der Waals surface area contributed by atoms with Gasteiger partial charge in [0.2, 0.25) is 5.91 Å². The van der Waals surface area contributed by atoms with Gasteiger partial charge in [-0.15, -0.1) is 0 Å². The summed E-state index contributed by atoms with van der Waals surface area (Å²) in [6.07, 6.45) is 1.55. The molecule has 0 spiro atoms. The highest BCUT2D eigenvalue weighted by atomic mass is 16.5. The van der Waals surface area contributed by atoms with Gasteiger partial charge in [-0.1, -0.05) is 19.9 Å². The molecule has 1 amide bonds. The number of ether oxygens (including phenoxy) is 1. The minimum Gasteiger partial charge on any atom is -0.495 e. The maximum atomic E-state index is 12.0. The quantitative estimate of drug-likeness (QED) is 0.876. The zero-order valence-corrected chi connectivity index (χ0v) is 11.8. The molecule has 19 heavy (non-hydrogen) atoms. The van der Waals surface area contributed by atoms with Gasteiger partial charge >= 0.3 is 0 Å². The van der Waals surface area contributed by atoms with E-state index < -0.39 is 0 Å². The number of hydrogen-bond acceptors (Lipinski definition) is 3. The van der Waals surface area contributed by atoms with Gasteiger partial charge in [0.05, 0.1) is 12.8 Å². The number of amides is 1. The van der Waals surface area contributed by atoms with Crippen molar-refractivity contribution in [1.29, 1.82) is 0 Å². The van der Waals surface area contributed by atoms with Crippen LogP contribution in [0.3, 0.4) is 0 Å². The van der Waals surface area contributed by atoms with Crippen molar-refractivity contribution in [2.24, 2.45) is 11.7 Å². The Kier molecular flexibility index (Phi) is 4.10. The first-order valence-corrected chi connectivity index (χ1v) is 6.75. The molecule has 3 N–H and O–H groups in total. The summed E-state index contributed by atoms with van der Waals surface area (Å²) in [7, 11) is 1.62. The molecule has 4 nitrogen and oxygen atoms in total. The van der Waals surface area contributed by atoms with Gasteiger partial charge in [-0.2, -0.15) is 0 Å². The Morgan fingerprint density at radius 3 is 2.63 bits per heavy atom. The minimum absolute atomic E-state index is 0.0392. The monoisotopic (exact) mass is 262 g/mol. The highest BCUT2D eigenvalue weighted by molar-refractivity contribution is 5.94. The van der Waals surface area contributed by atoms with Crippen LogP contribution < -0.4 is 15.8 Å². The molecular weight excluding hydrogens is 240 g/mol. The fraction of sp³-hybridized carbons (Fsp3) is 0.533. The molecule has 1 saturated carbocycles. The van der Waals surface area contributed by atoms with Crippen LogP contribution in [0.1, 0.15) is 38.2 Å². The number of anilines is 1. The predicted octanol–water partition coefficient (Wildman–Crippen LogP) is 2.49. The molecule has 1 aromatic carbocycles. The molecule has 0 unspecified atom stereocenters. The lowest BCUT2D eigenvalue weighted by atomic mass is 9.80. The van der Waals surface area contributed by atoms with Crippen LogP contribution in [0.5, 0.6) is 5.75 Å². The van der Waals surface area contributed by atoms with Crippen LogP contribution in [0, 0.1) is 5.92 Å². The Morgan fingerprint density at radius 2 is 2.11 bits per heavy atom. The van der Waals surface area contributed by atoms with Crippen molar-refractivity contribution < 1.29 is 9.53 Å². The Bertz CT molecular complexity index is 465. The number of benzene rings is 1. The van der Waals surface area contributed by atoms with E-state index in [0.29, 0.717) is 11.7 Å². The number of hydrogen-bond donors (Lipinski definition) is 2. The summed E-state index contributed by atoms with van der Waals surface area (Å²) in [5, 5.41) is 2.93. The molecule has 104 valence electrons. The zero-order chi connectivity index (χ0) is 14.0. The van der Waals surface area contributed by atoms with E-state index in [4.69, 9.17) is 10.5 Å². The second-order valence-electron chi connectivity index (χ2n) is 5.53. The summed E-state index contributed by atoms with van der Waals surface area (Å²) in [6.45, 7) is 4.26. The average Bonchev–Trinajstić information content (AvgIpc) is 2.35. The predicted molar refractivity (Wildman–Crippen MR) is 76.4 cm³/mol. The van der Waals surface area contributed by atoms with Gasteiger partial charge in [0.15, 0.2) is 0 Å². The van der Waals surface area contributed by atoms with Crippen LogP contribution in [0.2, 0.25) is 0 Å². The maximum absolute atomic E-state index is 12.0. The van der Waals surface area contributed by atoms with E-state index in [0.717, 1.165) is 18.5 Å². The minimum atomic E-state index is 0.0392. The van der Waals surface area contributed by atoms with Gasteiger partial charge in [-0.3, -0.25) is 4.79 Å². The maximum Gasteiger partial charge on any atom is 0.227 e. The molecule has 0 aromatic heterocycles. The Labute approximate surface area is 114 Å². The van der Waals surface area contributed by atoms with Crippen molar-refractivity contribution in [3.8, 4) is 5.75 Å². The number of carbonyl (C=O) groups is 1. The molecule has 2 rings (SSSR count). The van der Waals surface area contributed by atoms with Gasteiger partial charge < -0.3 is 15.8 Å². The topological polar surface area (TPSA) is 64.3 Å². The standard InChI is InChI=1S/C15H22N2O2/c1-9(2)10-4-5-13(14(8-10)19-3)17-15(18)11-6-12(16)7-11/h4-5,8-9,11-12H,6-7,16H2,1-3H3,(H,17,18). The van der Waals surface area contributed by atoms with Crippen molar-refractivity contribution >= 4 is 11.6 Å². The lowest BCUT2D eigenvalue weighted by molar-refractivity contribution is -0.122. The van der Waals surface area contributed by atoms with E-state index in [1.807, 2.05) is 18.2 Å². The summed E-state index contributed by atoms with van der Waals surface area (Å²) in [6, 6.07) is 6.09. The number of nitrogens with two attached hydrogens (primary N) is 1. The molecule has 1 fully saturated rings. The van der Waals surface area contributed by atoms with Crippen LogP contribution in [0.4, 0.5) is 5.69 Å². The smallest absolute Gasteiger partial charge is 0.227 e. The number of methoxy groups -OCH3 is 1. The summed E-state index contributed by atoms with van der Waals surface area (Å²) < 4.78 is 5.35. The molecule has 1 aromatic rings. The fourth-order valence-electron chi connectivity index (χ4n) is 2.28. The van der Waals surface area contributed by atoms with Gasteiger partial charge in [0, 0.05) is 12.0 Å². The van der Waals surface area contributed by atoms with Gasteiger partial charge in [-0.25, -0.2) is 0 Å². The highest BCUT2D eigenvalue weighted by Gasteiger charge is 2.32. The third kappa shape index (κ3) is 3.07. The Balaban J connectivity index is 2.09. The Morgan fingerprint density at radius 1 is 1.42 bits per heavy atom.